The largest absolute Gasteiger partial charge is 0.396 e. The van der Waals surface area contributed by atoms with Crippen molar-refractivity contribution in [2.75, 3.05) is 13.2 Å². The fraction of sp³-hybridized carbons (Fsp3) is 0.773. The molecule has 0 aromatic carbocycles. The van der Waals surface area contributed by atoms with E-state index in [2.05, 4.69) is 26.8 Å². The first-order chi connectivity index (χ1) is 12.7. The maximum Gasteiger partial charge on any atom is 0.192 e. The van der Waals surface area contributed by atoms with Gasteiger partial charge in [0.05, 0.1) is 6.61 Å². The van der Waals surface area contributed by atoms with Gasteiger partial charge in [0.2, 0.25) is 0 Å². The SMILES string of the molecule is CC1=CC[C@H]2[C@](C)(CO)CCC[C@]2(C)[C@H]1C[C@]12O[C@H]1C(=O)C(CO)=C[C@@H]2O. The number of ketones is 1. The summed E-state index contributed by atoms with van der Waals surface area (Å²) in [7, 11) is 0. The fourth-order valence-corrected chi connectivity index (χ4v) is 6.53. The van der Waals surface area contributed by atoms with Crippen LogP contribution in [0.3, 0.4) is 0 Å². The lowest BCUT2D eigenvalue weighted by Gasteiger charge is -2.57. The van der Waals surface area contributed by atoms with E-state index in [1.165, 1.54) is 11.6 Å². The minimum absolute atomic E-state index is 0.0174. The Kier molecular flexibility index (Phi) is 4.47. The highest BCUT2D eigenvalue weighted by Gasteiger charge is 2.68. The summed E-state index contributed by atoms with van der Waals surface area (Å²) in [6, 6.07) is 0. The van der Waals surface area contributed by atoms with Crippen molar-refractivity contribution in [2.24, 2.45) is 22.7 Å². The molecule has 4 aliphatic rings. The zero-order valence-electron chi connectivity index (χ0n) is 16.6. The number of hydrogen-bond acceptors (Lipinski definition) is 5. The zero-order valence-corrected chi connectivity index (χ0v) is 16.6. The van der Waals surface area contributed by atoms with Crippen LogP contribution in [-0.4, -0.2) is 52.1 Å². The number of Topliss-reactive ketones (excluding diaryl/α,β-unsaturated/α-hetero) is 1. The summed E-state index contributed by atoms with van der Waals surface area (Å²) in [5, 5.41) is 30.2. The number of allylic oxidation sites excluding steroid dienone is 2. The summed E-state index contributed by atoms with van der Waals surface area (Å²) < 4.78 is 5.84. The molecule has 27 heavy (non-hydrogen) atoms. The topological polar surface area (TPSA) is 90.3 Å². The van der Waals surface area contributed by atoms with Gasteiger partial charge in [0.1, 0.15) is 11.7 Å². The van der Waals surface area contributed by atoms with Crippen LogP contribution in [0.1, 0.15) is 52.9 Å². The van der Waals surface area contributed by atoms with Gasteiger partial charge in [-0.25, -0.2) is 0 Å². The first-order valence-electron chi connectivity index (χ1n) is 10.2. The lowest BCUT2D eigenvalue weighted by atomic mass is 9.47. The molecule has 0 aromatic heterocycles. The van der Waals surface area contributed by atoms with Gasteiger partial charge < -0.3 is 20.1 Å². The van der Waals surface area contributed by atoms with E-state index >= 15 is 0 Å². The van der Waals surface area contributed by atoms with Gasteiger partial charge in [0, 0.05) is 12.2 Å². The Morgan fingerprint density at radius 3 is 2.67 bits per heavy atom. The summed E-state index contributed by atoms with van der Waals surface area (Å²) in [6.07, 6.45) is 7.06. The van der Waals surface area contributed by atoms with E-state index < -0.39 is 17.8 Å². The molecule has 150 valence electrons. The molecule has 7 atom stereocenters. The van der Waals surface area contributed by atoms with E-state index in [1.807, 2.05) is 0 Å². The van der Waals surface area contributed by atoms with Gasteiger partial charge in [-0.05, 0) is 61.3 Å². The Morgan fingerprint density at radius 2 is 2.00 bits per heavy atom. The Labute approximate surface area is 161 Å². The minimum atomic E-state index is -0.869. The molecule has 2 fully saturated rings. The number of hydrogen-bond donors (Lipinski definition) is 3. The third-order valence-corrected chi connectivity index (χ3v) is 8.31. The second-order valence-electron chi connectivity index (χ2n) is 9.78. The van der Waals surface area contributed by atoms with Gasteiger partial charge in [0.25, 0.3) is 0 Å². The third-order valence-electron chi connectivity index (χ3n) is 8.31. The molecule has 1 heterocycles. The van der Waals surface area contributed by atoms with Crippen molar-refractivity contribution in [2.45, 2.75) is 70.7 Å². The summed E-state index contributed by atoms with van der Waals surface area (Å²) in [4.78, 5) is 12.5. The lowest BCUT2D eigenvalue weighted by Crippen LogP contribution is -2.53. The predicted octanol–water partition coefficient (Wildman–Crippen LogP) is 2.15. The summed E-state index contributed by atoms with van der Waals surface area (Å²) in [5.41, 5.74) is 0.633. The highest BCUT2D eigenvalue weighted by molar-refractivity contribution is 6.03. The van der Waals surface area contributed by atoms with E-state index in [1.54, 1.807) is 0 Å². The molecular weight excluding hydrogens is 344 g/mol. The van der Waals surface area contributed by atoms with Gasteiger partial charge in [-0.15, -0.1) is 0 Å². The molecule has 0 radical (unpaired) electrons. The average Bonchev–Trinajstić information content (AvgIpc) is 3.38. The maximum absolute atomic E-state index is 12.5. The third kappa shape index (κ3) is 2.62. The smallest absolute Gasteiger partial charge is 0.192 e. The monoisotopic (exact) mass is 376 g/mol. The van der Waals surface area contributed by atoms with Crippen LogP contribution in [0.25, 0.3) is 0 Å². The molecule has 0 bridgehead atoms. The summed E-state index contributed by atoms with van der Waals surface area (Å²) in [5.74, 6) is 0.399. The molecule has 3 aliphatic carbocycles. The van der Waals surface area contributed by atoms with Crippen LogP contribution >= 0.6 is 0 Å². The molecule has 3 N–H and O–H groups in total. The molecule has 0 unspecified atom stereocenters. The van der Waals surface area contributed by atoms with Crippen molar-refractivity contribution in [1.82, 2.24) is 0 Å². The van der Waals surface area contributed by atoms with Gasteiger partial charge in [-0.2, -0.15) is 0 Å². The fourth-order valence-electron chi connectivity index (χ4n) is 6.53. The molecule has 5 nitrogen and oxygen atoms in total. The van der Waals surface area contributed by atoms with E-state index in [9.17, 15) is 20.1 Å². The number of carbonyl (C=O) groups is 1. The average molecular weight is 376 g/mol. The van der Waals surface area contributed by atoms with Crippen molar-refractivity contribution in [3.63, 3.8) is 0 Å². The van der Waals surface area contributed by atoms with Crippen LogP contribution in [0.15, 0.2) is 23.3 Å². The van der Waals surface area contributed by atoms with E-state index in [0.29, 0.717) is 12.3 Å². The first-order valence-corrected chi connectivity index (χ1v) is 10.2. The van der Waals surface area contributed by atoms with E-state index in [4.69, 9.17) is 4.74 Å². The zero-order chi connectivity index (χ0) is 19.6. The quantitative estimate of drug-likeness (QED) is 0.517. The molecule has 0 amide bonds. The molecule has 0 spiro atoms. The number of fused-ring (bicyclic) bond motifs is 2. The number of aliphatic hydroxyl groups excluding tert-OH is 3. The van der Waals surface area contributed by atoms with E-state index in [0.717, 1.165) is 25.7 Å². The summed E-state index contributed by atoms with van der Waals surface area (Å²) in [6.45, 7) is 6.51. The van der Waals surface area contributed by atoms with Crippen molar-refractivity contribution in [1.29, 1.82) is 0 Å². The molecule has 1 saturated heterocycles. The molecule has 4 rings (SSSR count). The van der Waals surface area contributed by atoms with Crippen LogP contribution in [0.5, 0.6) is 0 Å². The van der Waals surface area contributed by atoms with Gasteiger partial charge in [0.15, 0.2) is 11.9 Å². The highest BCUT2D eigenvalue weighted by atomic mass is 16.6. The van der Waals surface area contributed by atoms with Crippen molar-refractivity contribution < 1.29 is 24.9 Å². The second kappa shape index (κ2) is 6.24. The molecular formula is C22H32O5. The van der Waals surface area contributed by atoms with Gasteiger partial charge >= 0.3 is 0 Å². The summed E-state index contributed by atoms with van der Waals surface area (Å²) >= 11 is 0. The highest BCUT2D eigenvalue weighted by Crippen LogP contribution is 2.63. The Balaban J connectivity index is 1.66. The van der Waals surface area contributed by atoms with Gasteiger partial charge in [-0.1, -0.05) is 31.9 Å². The molecule has 0 aromatic rings. The lowest BCUT2D eigenvalue weighted by molar-refractivity contribution is -0.117. The van der Waals surface area contributed by atoms with Crippen LogP contribution in [0.2, 0.25) is 0 Å². The number of rotatable bonds is 4. The first kappa shape index (κ1) is 19.3. The Morgan fingerprint density at radius 1 is 1.26 bits per heavy atom. The van der Waals surface area contributed by atoms with Crippen molar-refractivity contribution in [3.05, 3.63) is 23.3 Å². The van der Waals surface area contributed by atoms with Crippen LogP contribution in [0, 0.1) is 22.7 Å². The van der Waals surface area contributed by atoms with Crippen molar-refractivity contribution in [3.8, 4) is 0 Å². The number of carbonyl (C=O) groups excluding carboxylic acids is 1. The predicted molar refractivity (Wildman–Crippen MR) is 101 cm³/mol. The molecule has 1 aliphatic heterocycles. The Hall–Kier alpha value is -1.01. The molecule has 1 saturated carbocycles. The van der Waals surface area contributed by atoms with Crippen molar-refractivity contribution >= 4 is 5.78 Å². The minimum Gasteiger partial charge on any atom is -0.396 e. The second-order valence-corrected chi connectivity index (χ2v) is 9.78. The Bertz CT molecular complexity index is 711. The van der Waals surface area contributed by atoms with Gasteiger partial charge in [-0.3, -0.25) is 4.79 Å². The standard InChI is InChI=1S/C22H32O5/c1-13-5-6-16-20(2,12-24)7-4-8-21(16,3)15(13)10-22-17(25)9-14(11-23)18(26)19(22)27-22/h5,9,15-17,19,23-25H,4,6-8,10-12H2,1-3H3/t15-,16-,17-,19-,20-,21+,22+/m0/s1. The van der Waals surface area contributed by atoms with Crippen LogP contribution < -0.4 is 0 Å². The number of ether oxygens (including phenoxy) is 1. The van der Waals surface area contributed by atoms with E-state index in [-0.39, 0.29) is 41.3 Å². The van der Waals surface area contributed by atoms with Crippen LogP contribution in [-0.2, 0) is 9.53 Å². The van der Waals surface area contributed by atoms with Crippen LogP contribution in [0.4, 0.5) is 0 Å². The molecule has 5 heteroatoms. The normalized spacial score (nSPS) is 49.0. The maximum atomic E-state index is 12.5. The number of aliphatic hydroxyl groups is 3. The number of epoxide rings is 1.